The number of rotatable bonds is 2. The van der Waals surface area contributed by atoms with Gasteiger partial charge in [0.1, 0.15) is 5.75 Å². The lowest BCUT2D eigenvalue weighted by Gasteiger charge is -2.33. The van der Waals surface area contributed by atoms with Crippen LogP contribution >= 0.6 is 0 Å². The van der Waals surface area contributed by atoms with E-state index in [-0.39, 0.29) is 11.2 Å². The third-order valence-electron chi connectivity index (χ3n) is 4.32. The highest BCUT2D eigenvalue weighted by atomic mass is 16.5. The van der Waals surface area contributed by atoms with Crippen molar-refractivity contribution in [3.05, 3.63) is 29.3 Å². The standard InChI is InChI=1S/C16H21NO2/c1-16(8-4-9-17-11-16)15(18)13-7-2-5-12-6-3-10-19-14(12)13/h2,5,7,17H,3-4,6,8-11H2,1H3. The topological polar surface area (TPSA) is 38.3 Å². The van der Waals surface area contributed by atoms with E-state index in [2.05, 4.69) is 18.3 Å². The summed E-state index contributed by atoms with van der Waals surface area (Å²) in [5.74, 6) is 1.07. The average molecular weight is 259 g/mol. The quantitative estimate of drug-likeness (QED) is 0.830. The molecule has 1 N–H and O–H groups in total. The summed E-state index contributed by atoms with van der Waals surface area (Å²) < 4.78 is 5.77. The molecular weight excluding hydrogens is 238 g/mol. The maximum atomic E-state index is 12.9. The van der Waals surface area contributed by atoms with Crippen molar-refractivity contribution in [1.82, 2.24) is 5.32 Å². The number of Topliss-reactive ketones (excluding diaryl/α,β-unsaturated/α-hetero) is 1. The lowest BCUT2D eigenvalue weighted by molar-refractivity contribution is 0.0767. The number of aryl methyl sites for hydroxylation is 1. The molecule has 1 fully saturated rings. The lowest BCUT2D eigenvalue weighted by Crippen LogP contribution is -2.43. The second-order valence-corrected chi connectivity index (χ2v) is 5.92. The van der Waals surface area contributed by atoms with Crippen LogP contribution in [0.4, 0.5) is 0 Å². The van der Waals surface area contributed by atoms with Crippen LogP contribution in [0.2, 0.25) is 0 Å². The van der Waals surface area contributed by atoms with Crippen molar-refractivity contribution in [2.75, 3.05) is 19.7 Å². The van der Waals surface area contributed by atoms with Crippen LogP contribution in [0.25, 0.3) is 0 Å². The fourth-order valence-corrected chi connectivity index (χ4v) is 3.14. The first-order chi connectivity index (χ1) is 9.21. The van der Waals surface area contributed by atoms with Crippen LogP contribution < -0.4 is 10.1 Å². The number of fused-ring (bicyclic) bond motifs is 1. The summed E-state index contributed by atoms with van der Waals surface area (Å²) >= 11 is 0. The van der Waals surface area contributed by atoms with Gasteiger partial charge in [-0.2, -0.15) is 0 Å². The Morgan fingerprint density at radius 2 is 2.26 bits per heavy atom. The van der Waals surface area contributed by atoms with Gasteiger partial charge in [-0.05, 0) is 43.9 Å². The van der Waals surface area contributed by atoms with Gasteiger partial charge in [0.25, 0.3) is 0 Å². The zero-order chi connectivity index (χ0) is 13.3. The number of carbonyl (C=O) groups excluding carboxylic acids is 1. The number of hydrogen-bond donors (Lipinski definition) is 1. The van der Waals surface area contributed by atoms with Crippen LogP contribution in [0.3, 0.4) is 0 Å². The van der Waals surface area contributed by atoms with Crippen LogP contribution in [0.15, 0.2) is 18.2 Å². The van der Waals surface area contributed by atoms with Crippen molar-refractivity contribution in [2.24, 2.45) is 5.41 Å². The average Bonchev–Trinajstić information content (AvgIpc) is 2.47. The Kier molecular flexibility index (Phi) is 3.31. The largest absolute Gasteiger partial charge is 0.493 e. The molecule has 0 radical (unpaired) electrons. The van der Waals surface area contributed by atoms with Crippen molar-refractivity contribution in [2.45, 2.75) is 32.6 Å². The van der Waals surface area contributed by atoms with Crippen LogP contribution in [-0.4, -0.2) is 25.5 Å². The Morgan fingerprint density at radius 1 is 1.37 bits per heavy atom. The third-order valence-corrected chi connectivity index (χ3v) is 4.32. The molecule has 1 aromatic carbocycles. The molecule has 0 amide bonds. The highest BCUT2D eigenvalue weighted by Crippen LogP contribution is 2.36. The Labute approximate surface area is 114 Å². The van der Waals surface area contributed by atoms with Gasteiger partial charge in [-0.1, -0.05) is 19.1 Å². The summed E-state index contributed by atoms with van der Waals surface area (Å²) in [7, 11) is 0. The van der Waals surface area contributed by atoms with Crippen LogP contribution in [-0.2, 0) is 6.42 Å². The molecule has 3 rings (SSSR count). The molecule has 0 saturated carbocycles. The lowest BCUT2D eigenvalue weighted by atomic mass is 9.76. The van der Waals surface area contributed by atoms with Crippen molar-refractivity contribution in [1.29, 1.82) is 0 Å². The number of hydrogen-bond acceptors (Lipinski definition) is 3. The van der Waals surface area contributed by atoms with E-state index in [0.717, 1.165) is 56.7 Å². The Balaban J connectivity index is 1.95. The molecule has 0 aromatic heterocycles. The first-order valence-corrected chi connectivity index (χ1v) is 7.21. The zero-order valence-corrected chi connectivity index (χ0v) is 11.5. The van der Waals surface area contributed by atoms with Crippen LogP contribution in [0.1, 0.15) is 42.1 Å². The number of ether oxygens (including phenoxy) is 1. The van der Waals surface area contributed by atoms with E-state index < -0.39 is 0 Å². The highest BCUT2D eigenvalue weighted by molar-refractivity contribution is 6.03. The number of ketones is 1. The first kappa shape index (κ1) is 12.7. The summed E-state index contributed by atoms with van der Waals surface area (Å²) in [5, 5.41) is 3.34. The van der Waals surface area contributed by atoms with E-state index in [9.17, 15) is 4.79 Å². The molecule has 1 aromatic rings. The minimum absolute atomic E-state index is 0.235. The fourth-order valence-electron chi connectivity index (χ4n) is 3.14. The van der Waals surface area contributed by atoms with E-state index in [1.165, 1.54) is 5.56 Å². The number of nitrogens with one attached hydrogen (secondary N) is 1. The van der Waals surface area contributed by atoms with Crippen LogP contribution in [0, 0.1) is 5.41 Å². The smallest absolute Gasteiger partial charge is 0.173 e. The van der Waals surface area contributed by atoms with E-state index in [1.54, 1.807) is 0 Å². The van der Waals surface area contributed by atoms with Gasteiger partial charge < -0.3 is 10.1 Å². The molecule has 2 aliphatic rings. The fraction of sp³-hybridized carbons (Fsp3) is 0.562. The maximum absolute atomic E-state index is 12.9. The molecule has 3 heteroatoms. The minimum atomic E-state index is -0.284. The van der Waals surface area contributed by atoms with Gasteiger partial charge in [-0.3, -0.25) is 4.79 Å². The molecule has 2 heterocycles. The van der Waals surface area contributed by atoms with Gasteiger partial charge in [-0.25, -0.2) is 0 Å². The van der Waals surface area contributed by atoms with Gasteiger partial charge in [-0.15, -0.1) is 0 Å². The number of piperidine rings is 1. The molecule has 1 unspecified atom stereocenters. The van der Waals surface area contributed by atoms with Gasteiger partial charge in [0, 0.05) is 12.0 Å². The summed E-state index contributed by atoms with van der Waals surface area (Å²) in [4.78, 5) is 12.9. The van der Waals surface area contributed by atoms with Crippen molar-refractivity contribution < 1.29 is 9.53 Å². The minimum Gasteiger partial charge on any atom is -0.493 e. The Hall–Kier alpha value is -1.35. The number of para-hydroxylation sites is 1. The predicted octanol–water partition coefficient (Wildman–Crippen LogP) is 2.58. The normalized spacial score (nSPS) is 26.4. The zero-order valence-electron chi connectivity index (χ0n) is 11.5. The monoisotopic (exact) mass is 259 g/mol. The molecule has 3 nitrogen and oxygen atoms in total. The van der Waals surface area contributed by atoms with E-state index in [0.29, 0.717) is 0 Å². The summed E-state index contributed by atoms with van der Waals surface area (Å²) in [6.45, 7) is 4.59. The summed E-state index contributed by atoms with van der Waals surface area (Å²) in [6, 6.07) is 5.99. The van der Waals surface area contributed by atoms with Gasteiger partial charge in [0.2, 0.25) is 0 Å². The molecule has 1 atom stereocenters. The van der Waals surface area contributed by atoms with E-state index in [1.807, 2.05) is 12.1 Å². The summed E-state index contributed by atoms with van der Waals surface area (Å²) in [5.41, 5.74) is 1.68. The number of carbonyl (C=O) groups is 1. The van der Waals surface area contributed by atoms with Crippen molar-refractivity contribution in [3.63, 3.8) is 0 Å². The van der Waals surface area contributed by atoms with Crippen molar-refractivity contribution >= 4 is 5.78 Å². The Bertz CT molecular complexity index is 490. The molecular formula is C16H21NO2. The molecule has 1 saturated heterocycles. The van der Waals surface area contributed by atoms with Gasteiger partial charge in [0.05, 0.1) is 12.2 Å². The second kappa shape index (κ2) is 4.97. The van der Waals surface area contributed by atoms with Gasteiger partial charge >= 0.3 is 0 Å². The molecule has 2 aliphatic heterocycles. The van der Waals surface area contributed by atoms with Crippen molar-refractivity contribution in [3.8, 4) is 5.75 Å². The second-order valence-electron chi connectivity index (χ2n) is 5.92. The number of benzene rings is 1. The Morgan fingerprint density at radius 3 is 3.05 bits per heavy atom. The van der Waals surface area contributed by atoms with Crippen LogP contribution in [0.5, 0.6) is 5.75 Å². The first-order valence-electron chi connectivity index (χ1n) is 7.21. The SMILES string of the molecule is CC1(C(=O)c2cccc3c2OCCC3)CCCNC1. The molecule has 102 valence electrons. The van der Waals surface area contributed by atoms with Gasteiger partial charge in [0.15, 0.2) is 5.78 Å². The highest BCUT2D eigenvalue weighted by Gasteiger charge is 2.37. The maximum Gasteiger partial charge on any atom is 0.173 e. The third kappa shape index (κ3) is 2.27. The molecule has 19 heavy (non-hydrogen) atoms. The molecule has 0 aliphatic carbocycles. The summed E-state index contributed by atoms with van der Waals surface area (Å²) in [6.07, 6.45) is 4.09. The predicted molar refractivity (Wildman–Crippen MR) is 74.8 cm³/mol. The van der Waals surface area contributed by atoms with E-state index in [4.69, 9.17) is 4.74 Å². The molecule has 0 bridgehead atoms. The molecule has 0 spiro atoms. The van der Waals surface area contributed by atoms with E-state index >= 15 is 0 Å².